The van der Waals surface area contributed by atoms with Gasteiger partial charge in [0.2, 0.25) is 0 Å². The molecule has 2 rings (SSSR count). The van der Waals surface area contributed by atoms with Gasteiger partial charge >= 0.3 is 12.3 Å². The van der Waals surface area contributed by atoms with Gasteiger partial charge in [0, 0.05) is 6.54 Å². The minimum atomic E-state index is -4.54. The first-order chi connectivity index (χ1) is 12.0. The molecule has 0 aromatic heterocycles. The summed E-state index contributed by atoms with van der Waals surface area (Å²) in [6, 6.07) is 3.65. The Morgan fingerprint density at radius 1 is 1.23 bits per heavy atom. The second-order valence-electron chi connectivity index (χ2n) is 7.45. The van der Waals surface area contributed by atoms with E-state index in [1.54, 1.807) is 20.8 Å². The topological polar surface area (TPSA) is 67.6 Å². The number of halogens is 3. The molecule has 1 aromatic rings. The summed E-state index contributed by atoms with van der Waals surface area (Å²) in [6.45, 7) is 5.67. The number of carbonyl (C=O) groups is 1. The normalized spacial score (nSPS) is 19.0. The highest BCUT2D eigenvalue weighted by Crippen LogP contribution is 2.38. The molecule has 1 heterocycles. The maximum Gasteiger partial charge on any atom is 0.418 e. The molecule has 0 spiro atoms. The number of hydrogen-bond donors (Lipinski definition) is 2. The summed E-state index contributed by atoms with van der Waals surface area (Å²) >= 11 is 0. The van der Waals surface area contributed by atoms with Crippen LogP contribution in [0.3, 0.4) is 0 Å². The Morgan fingerprint density at radius 2 is 1.92 bits per heavy atom. The van der Waals surface area contributed by atoms with Gasteiger partial charge in [-0.15, -0.1) is 0 Å². The zero-order chi connectivity index (χ0) is 19.5. The number of ether oxygens (including phenoxy) is 1. The van der Waals surface area contributed by atoms with Crippen LogP contribution >= 0.6 is 0 Å². The maximum absolute atomic E-state index is 13.3. The average Bonchev–Trinajstić information content (AvgIpc) is 2.72. The van der Waals surface area contributed by atoms with Crippen molar-refractivity contribution in [1.82, 2.24) is 4.90 Å². The minimum Gasteiger partial charge on any atom is -0.444 e. The van der Waals surface area contributed by atoms with Crippen LogP contribution in [0.25, 0.3) is 0 Å². The molecule has 3 N–H and O–H groups in total. The highest BCUT2D eigenvalue weighted by Gasteiger charge is 2.36. The smallest absolute Gasteiger partial charge is 0.418 e. The van der Waals surface area contributed by atoms with Crippen LogP contribution in [0, 0.1) is 0 Å². The molecule has 146 valence electrons. The van der Waals surface area contributed by atoms with E-state index in [9.17, 15) is 18.0 Å². The predicted octanol–water partition coefficient (Wildman–Crippen LogP) is 4.84. The lowest BCUT2D eigenvalue weighted by Gasteiger charge is -2.34. The molecule has 1 aromatic carbocycles. The number of benzene rings is 1. The number of rotatable bonds is 2. The van der Waals surface area contributed by atoms with Crippen molar-refractivity contribution in [1.29, 1.82) is 0 Å². The zero-order valence-electron chi connectivity index (χ0n) is 15.3. The molecule has 1 aliphatic rings. The van der Waals surface area contributed by atoms with Gasteiger partial charge in [-0.25, -0.2) is 4.79 Å². The van der Waals surface area contributed by atoms with Crippen LogP contribution in [0.15, 0.2) is 18.2 Å². The van der Waals surface area contributed by atoms with E-state index >= 15 is 0 Å². The van der Waals surface area contributed by atoms with Gasteiger partial charge in [-0.3, -0.25) is 4.90 Å². The summed E-state index contributed by atoms with van der Waals surface area (Å²) in [6.07, 6.45) is -2.71. The van der Waals surface area contributed by atoms with Crippen molar-refractivity contribution < 1.29 is 22.7 Å². The van der Waals surface area contributed by atoms with E-state index in [-0.39, 0.29) is 11.4 Å². The monoisotopic (exact) mass is 373 g/mol. The maximum atomic E-state index is 13.3. The second kappa shape index (κ2) is 7.63. The quantitative estimate of drug-likeness (QED) is 0.728. The van der Waals surface area contributed by atoms with Crippen molar-refractivity contribution in [2.45, 2.75) is 64.4 Å². The van der Waals surface area contributed by atoms with Gasteiger partial charge in [0.25, 0.3) is 0 Å². The van der Waals surface area contributed by atoms with E-state index in [2.05, 4.69) is 5.32 Å². The third kappa shape index (κ3) is 5.19. The molecule has 1 aliphatic heterocycles. The number of nitrogens with two attached hydrogens (primary N) is 1. The number of likely N-dealkylation sites (tertiary alicyclic amines) is 1. The van der Waals surface area contributed by atoms with E-state index in [0.29, 0.717) is 13.0 Å². The Kier molecular flexibility index (Phi) is 5.93. The zero-order valence-corrected chi connectivity index (χ0v) is 15.3. The first kappa shape index (κ1) is 20.2. The van der Waals surface area contributed by atoms with Crippen molar-refractivity contribution in [3.63, 3.8) is 0 Å². The molecule has 1 amide bonds. The van der Waals surface area contributed by atoms with Crippen molar-refractivity contribution in [2.24, 2.45) is 0 Å². The lowest BCUT2D eigenvalue weighted by molar-refractivity contribution is -0.136. The van der Waals surface area contributed by atoms with E-state index in [1.165, 1.54) is 17.0 Å². The predicted molar refractivity (Wildman–Crippen MR) is 94.7 cm³/mol. The fourth-order valence-corrected chi connectivity index (χ4v) is 2.93. The summed E-state index contributed by atoms with van der Waals surface area (Å²) in [4.78, 5) is 14.0. The van der Waals surface area contributed by atoms with Crippen LogP contribution in [0.4, 0.5) is 29.3 Å². The number of hydrogen-bond acceptors (Lipinski definition) is 4. The Hall–Kier alpha value is -2.12. The van der Waals surface area contributed by atoms with E-state index < -0.39 is 29.6 Å². The van der Waals surface area contributed by atoms with Crippen LogP contribution in [0.1, 0.15) is 52.0 Å². The molecule has 0 aliphatic carbocycles. The number of nitrogens with one attached hydrogen (secondary N) is 1. The molecular formula is C18H26F3N3O2. The first-order valence-electron chi connectivity index (χ1n) is 8.71. The SMILES string of the molecule is CC(C)(C)OC(=O)N1CCCCCC1Nc1c(N)cccc1C(F)(F)F. The number of nitrogens with zero attached hydrogens (tertiary/aromatic N) is 1. The molecule has 0 saturated carbocycles. The Labute approximate surface area is 151 Å². The molecule has 0 bridgehead atoms. The summed E-state index contributed by atoms with van der Waals surface area (Å²) in [5, 5.41) is 2.86. The summed E-state index contributed by atoms with van der Waals surface area (Å²) in [7, 11) is 0. The number of nitrogen functional groups attached to an aromatic ring is 1. The minimum absolute atomic E-state index is 0.00629. The highest BCUT2D eigenvalue weighted by molar-refractivity contribution is 5.73. The van der Waals surface area contributed by atoms with Crippen molar-refractivity contribution in [3.05, 3.63) is 23.8 Å². The summed E-state index contributed by atoms with van der Waals surface area (Å²) < 4.78 is 45.4. The van der Waals surface area contributed by atoms with E-state index in [0.717, 1.165) is 25.3 Å². The number of amides is 1. The lowest BCUT2D eigenvalue weighted by Crippen LogP contribution is -2.47. The van der Waals surface area contributed by atoms with Gasteiger partial charge in [-0.2, -0.15) is 13.2 Å². The summed E-state index contributed by atoms with van der Waals surface area (Å²) in [5.74, 6) is 0. The van der Waals surface area contributed by atoms with Crippen LogP contribution in [-0.2, 0) is 10.9 Å². The third-order valence-electron chi connectivity index (χ3n) is 4.09. The van der Waals surface area contributed by atoms with Gasteiger partial charge in [-0.1, -0.05) is 12.5 Å². The number of para-hydroxylation sites is 1. The Bertz CT molecular complexity index is 642. The Morgan fingerprint density at radius 3 is 2.54 bits per heavy atom. The molecule has 8 heteroatoms. The standard InChI is InChI=1S/C18H26F3N3O2/c1-17(2,3)26-16(25)24-11-6-4-5-10-14(24)23-15-12(18(19,20)21)8-7-9-13(15)22/h7-9,14,23H,4-6,10-11,22H2,1-3H3. The molecule has 0 radical (unpaired) electrons. The number of carbonyl (C=O) groups excluding carboxylic acids is 1. The third-order valence-corrected chi connectivity index (χ3v) is 4.09. The highest BCUT2D eigenvalue weighted by atomic mass is 19.4. The van der Waals surface area contributed by atoms with Gasteiger partial charge in [0.05, 0.1) is 16.9 Å². The van der Waals surface area contributed by atoms with Crippen molar-refractivity contribution >= 4 is 17.5 Å². The number of anilines is 2. The largest absolute Gasteiger partial charge is 0.444 e. The van der Waals surface area contributed by atoms with Crippen molar-refractivity contribution in [2.75, 3.05) is 17.6 Å². The van der Waals surface area contributed by atoms with Crippen molar-refractivity contribution in [3.8, 4) is 0 Å². The van der Waals surface area contributed by atoms with Gasteiger partial charge in [0.15, 0.2) is 0 Å². The summed E-state index contributed by atoms with van der Waals surface area (Å²) in [5.41, 5.74) is 4.07. The molecule has 1 fully saturated rings. The second-order valence-corrected chi connectivity index (χ2v) is 7.45. The van der Waals surface area contributed by atoms with Crippen LogP contribution in [0.2, 0.25) is 0 Å². The molecular weight excluding hydrogens is 347 g/mol. The first-order valence-corrected chi connectivity index (χ1v) is 8.71. The van der Waals surface area contributed by atoms with Gasteiger partial charge in [0.1, 0.15) is 11.8 Å². The fraction of sp³-hybridized carbons (Fsp3) is 0.611. The van der Waals surface area contributed by atoms with E-state index in [4.69, 9.17) is 10.5 Å². The molecule has 26 heavy (non-hydrogen) atoms. The fourth-order valence-electron chi connectivity index (χ4n) is 2.93. The molecule has 1 saturated heterocycles. The molecule has 5 nitrogen and oxygen atoms in total. The van der Waals surface area contributed by atoms with Crippen LogP contribution < -0.4 is 11.1 Å². The number of alkyl halides is 3. The van der Waals surface area contributed by atoms with E-state index in [1.807, 2.05) is 0 Å². The molecule has 1 atom stereocenters. The molecule has 1 unspecified atom stereocenters. The van der Waals surface area contributed by atoms with Gasteiger partial charge in [-0.05, 0) is 52.2 Å². The van der Waals surface area contributed by atoms with Crippen LogP contribution in [-0.4, -0.2) is 29.3 Å². The van der Waals surface area contributed by atoms with Gasteiger partial charge < -0.3 is 15.8 Å². The van der Waals surface area contributed by atoms with Crippen LogP contribution in [0.5, 0.6) is 0 Å². The Balaban J connectivity index is 2.31. The lowest BCUT2D eigenvalue weighted by atomic mass is 10.1. The average molecular weight is 373 g/mol.